The summed E-state index contributed by atoms with van der Waals surface area (Å²) in [5, 5.41) is 6.89. The second-order valence-electron chi connectivity index (χ2n) is 6.35. The maximum Gasteiger partial charge on any atom is 0.318 e. The Labute approximate surface area is 145 Å². The van der Waals surface area contributed by atoms with Crippen LogP contribution in [0.1, 0.15) is 36.1 Å². The van der Waals surface area contributed by atoms with Crippen LogP contribution in [0.15, 0.2) is 42.6 Å². The number of benzene rings is 1. The molecule has 7 heteroatoms. The lowest BCUT2D eigenvalue weighted by Gasteiger charge is -2.32. The first kappa shape index (κ1) is 17.4. The third-order valence-electron chi connectivity index (χ3n) is 4.62. The molecule has 0 spiro atoms. The van der Waals surface area contributed by atoms with E-state index in [0.29, 0.717) is 24.6 Å². The van der Waals surface area contributed by atoms with Crippen molar-refractivity contribution >= 4 is 6.03 Å². The fourth-order valence-corrected chi connectivity index (χ4v) is 3.21. The molecule has 1 fully saturated rings. The summed E-state index contributed by atoms with van der Waals surface area (Å²) in [5.41, 5.74) is 1.44. The number of urea groups is 1. The Kier molecular flexibility index (Phi) is 5.31. The SMILES string of the molecule is Cn1ccc(C2CCN(C(=O)NC(c3ccccc3)C(F)F)CC2)n1. The monoisotopic (exact) mass is 348 g/mol. The number of likely N-dealkylation sites (tertiary alicyclic amines) is 1. The van der Waals surface area contributed by atoms with Crippen LogP contribution >= 0.6 is 0 Å². The molecule has 0 radical (unpaired) electrons. The molecule has 3 rings (SSSR count). The van der Waals surface area contributed by atoms with E-state index in [2.05, 4.69) is 10.4 Å². The van der Waals surface area contributed by atoms with Crippen LogP contribution in [0, 0.1) is 0 Å². The van der Waals surface area contributed by atoms with Crippen LogP contribution in [0.5, 0.6) is 0 Å². The first-order chi connectivity index (χ1) is 12.0. The van der Waals surface area contributed by atoms with Gasteiger partial charge in [0.1, 0.15) is 6.04 Å². The highest BCUT2D eigenvalue weighted by molar-refractivity contribution is 5.75. The van der Waals surface area contributed by atoms with E-state index in [4.69, 9.17) is 0 Å². The van der Waals surface area contributed by atoms with Crippen molar-refractivity contribution in [1.82, 2.24) is 20.0 Å². The molecule has 1 N–H and O–H groups in total. The lowest BCUT2D eigenvalue weighted by Crippen LogP contribution is -2.46. The molecule has 134 valence electrons. The summed E-state index contributed by atoms with van der Waals surface area (Å²) in [6.45, 7) is 1.08. The predicted octanol–water partition coefficient (Wildman–Crippen LogP) is 3.32. The molecule has 1 aromatic heterocycles. The molecule has 2 amide bonds. The second kappa shape index (κ2) is 7.63. The number of amides is 2. The Bertz CT molecular complexity index is 696. The second-order valence-corrected chi connectivity index (χ2v) is 6.35. The number of carbonyl (C=O) groups excluding carboxylic acids is 1. The molecule has 1 aliphatic rings. The highest BCUT2D eigenvalue weighted by Gasteiger charge is 2.29. The summed E-state index contributed by atoms with van der Waals surface area (Å²) in [6, 6.07) is 8.61. The Morgan fingerprint density at radius 2 is 1.88 bits per heavy atom. The number of nitrogens with one attached hydrogen (secondary N) is 1. The minimum atomic E-state index is -2.66. The molecule has 0 bridgehead atoms. The maximum atomic E-state index is 13.4. The molecule has 2 aromatic rings. The molecule has 0 saturated carbocycles. The number of aryl methyl sites for hydroxylation is 1. The van der Waals surface area contributed by atoms with Gasteiger partial charge in [0, 0.05) is 32.3 Å². The van der Waals surface area contributed by atoms with Crippen LogP contribution in [0.3, 0.4) is 0 Å². The summed E-state index contributed by atoms with van der Waals surface area (Å²) < 4.78 is 28.5. The number of rotatable bonds is 4. The summed E-state index contributed by atoms with van der Waals surface area (Å²) >= 11 is 0. The van der Waals surface area contributed by atoms with Gasteiger partial charge in [0.2, 0.25) is 0 Å². The number of hydrogen-bond donors (Lipinski definition) is 1. The van der Waals surface area contributed by atoms with Gasteiger partial charge in [-0.15, -0.1) is 0 Å². The zero-order valence-electron chi connectivity index (χ0n) is 14.1. The smallest absolute Gasteiger partial charge is 0.318 e. The summed E-state index contributed by atoms with van der Waals surface area (Å²) in [5.74, 6) is 0.310. The van der Waals surface area contributed by atoms with Crippen molar-refractivity contribution in [2.75, 3.05) is 13.1 Å². The van der Waals surface area contributed by atoms with Gasteiger partial charge in [-0.1, -0.05) is 30.3 Å². The summed E-state index contributed by atoms with van der Waals surface area (Å²) in [7, 11) is 1.88. The first-order valence-corrected chi connectivity index (χ1v) is 8.42. The zero-order valence-corrected chi connectivity index (χ0v) is 14.1. The Morgan fingerprint density at radius 1 is 1.20 bits per heavy atom. The van der Waals surface area contributed by atoms with E-state index in [1.807, 2.05) is 19.3 Å². The van der Waals surface area contributed by atoms with Crippen LogP contribution < -0.4 is 5.32 Å². The number of hydrogen-bond acceptors (Lipinski definition) is 2. The molecular formula is C18H22F2N4O. The molecule has 1 atom stereocenters. The van der Waals surface area contributed by atoms with Crippen molar-refractivity contribution in [2.24, 2.45) is 7.05 Å². The molecule has 5 nitrogen and oxygen atoms in total. The van der Waals surface area contributed by atoms with Gasteiger partial charge in [-0.25, -0.2) is 13.6 Å². The lowest BCUT2D eigenvalue weighted by atomic mass is 9.94. The normalized spacial score (nSPS) is 16.9. The first-order valence-electron chi connectivity index (χ1n) is 8.42. The standard InChI is InChI=1S/C18H22F2N4O/c1-23-10-9-15(22-23)13-7-11-24(12-8-13)18(25)21-16(17(19)20)14-5-3-2-4-6-14/h2-6,9-10,13,16-17H,7-8,11-12H2,1H3,(H,21,25). The number of alkyl halides is 2. The minimum absolute atomic E-state index is 0.310. The van der Waals surface area contributed by atoms with E-state index in [-0.39, 0.29) is 0 Å². The van der Waals surface area contributed by atoms with Gasteiger partial charge in [0.15, 0.2) is 0 Å². The number of halogens is 2. The molecule has 1 saturated heterocycles. The molecule has 1 aliphatic heterocycles. The van der Waals surface area contributed by atoms with Crippen LogP contribution in [-0.4, -0.2) is 40.2 Å². The van der Waals surface area contributed by atoms with E-state index in [1.165, 1.54) is 0 Å². The largest absolute Gasteiger partial charge is 0.325 e. The van der Waals surface area contributed by atoms with Gasteiger partial charge in [0.25, 0.3) is 6.43 Å². The average Bonchev–Trinajstić information content (AvgIpc) is 3.06. The van der Waals surface area contributed by atoms with E-state index in [9.17, 15) is 13.6 Å². The van der Waals surface area contributed by atoms with Crippen LogP contribution in [-0.2, 0) is 7.05 Å². The van der Waals surface area contributed by atoms with Crippen molar-refractivity contribution in [3.63, 3.8) is 0 Å². The highest BCUT2D eigenvalue weighted by Crippen LogP contribution is 2.27. The summed E-state index contributed by atoms with van der Waals surface area (Å²) in [6.07, 6.45) is 0.823. The van der Waals surface area contributed by atoms with Gasteiger partial charge < -0.3 is 10.2 Å². The quantitative estimate of drug-likeness (QED) is 0.921. The van der Waals surface area contributed by atoms with E-state index in [1.54, 1.807) is 39.9 Å². The highest BCUT2D eigenvalue weighted by atomic mass is 19.3. The van der Waals surface area contributed by atoms with E-state index in [0.717, 1.165) is 18.5 Å². The Morgan fingerprint density at radius 3 is 2.44 bits per heavy atom. The van der Waals surface area contributed by atoms with Gasteiger partial charge in [0.05, 0.1) is 5.69 Å². The Hall–Kier alpha value is -2.44. The molecule has 25 heavy (non-hydrogen) atoms. The van der Waals surface area contributed by atoms with Crippen molar-refractivity contribution in [3.8, 4) is 0 Å². The number of nitrogens with zero attached hydrogens (tertiary/aromatic N) is 3. The van der Waals surface area contributed by atoms with Crippen LogP contribution in [0.2, 0.25) is 0 Å². The average molecular weight is 348 g/mol. The number of carbonyl (C=O) groups is 1. The summed E-state index contributed by atoms with van der Waals surface area (Å²) in [4.78, 5) is 14.0. The van der Waals surface area contributed by atoms with E-state index >= 15 is 0 Å². The van der Waals surface area contributed by atoms with Crippen molar-refractivity contribution in [1.29, 1.82) is 0 Å². The van der Waals surface area contributed by atoms with Gasteiger partial charge in [-0.3, -0.25) is 4.68 Å². The maximum absolute atomic E-state index is 13.4. The van der Waals surface area contributed by atoms with Gasteiger partial charge in [-0.2, -0.15) is 5.10 Å². The van der Waals surface area contributed by atoms with Crippen molar-refractivity contribution in [2.45, 2.75) is 31.2 Å². The zero-order chi connectivity index (χ0) is 17.8. The molecule has 2 heterocycles. The topological polar surface area (TPSA) is 50.2 Å². The van der Waals surface area contributed by atoms with Crippen molar-refractivity contribution in [3.05, 3.63) is 53.9 Å². The van der Waals surface area contributed by atoms with Crippen LogP contribution in [0.4, 0.5) is 13.6 Å². The number of piperidine rings is 1. The third kappa shape index (κ3) is 4.15. The molecule has 1 aromatic carbocycles. The lowest BCUT2D eigenvalue weighted by molar-refractivity contribution is 0.0946. The third-order valence-corrected chi connectivity index (χ3v) is 4.62. The molecule has 1 unspecified atom stereocenters. The fraction of sp³-hybridized carbons (Fsp3) is 0.444. The van der Waals surface area contributed by atoms with Gasteiger partial charge in [-0.05, 0) is 24.5 Å². The van der Waals surface area contributed by atoms with Crippen LogP contribution in [0.25, 0.3) is 0 Å². The van der Waals surface area contributed by atoms with Gasteiger partial charge >= 0.3 is 6.03 Å². The molecule has 0 aliphatic carbocycles. The fourth-order valence-electron chi connectivity index (χ4n) is 3.21. The molecular weight excluding hydrogens is 326 g/mol. The van der Waals surface area contributed by atoms with Crippen molar-refractivity contribution < 1.29 is 13.6 Å². The van der Waals surface area contributed by atoms with E-state index < -0.39 is 18.5 Å². The Balaban J connectivity index is 1.58. The predicted molar refractivity (Wildman–Crippen MR) is 90.5 cm³/mol. The minimum Gasteiger partial charge on any atom is -0.325 e. The number of aromatic nitrogens is 2.